The summed E-state index contributed by atoms with van der Waals surface area (Å²) in [6.07, 6.45) is 1.59. The number of carbonyl (C=O) groups excluding carboxylic acids is 1. The number of furan rings is 1. The van der Waals surface area contributed by atoms with Gasteiger partial charge in [-0.25, -0.2) is 9.79 Å². The fourth-order valence-electron chi connectivity index (χ4n) is 4.16. The molecule has 1 aliphatic rings. The van der Waals surface area contributed by atoms with E-state index in [9.17, 15) is 19.7 Å². The first-order valence-electron chi connectivity index (χ1n) is 11.8. The maximum Gasteiger partial charge on any atom is 0.338 e. The number of allylic oxidation sites excluding steroid dienone is 1. The van der Waals surface area contributed by atoms with Crippen LogP contribution in [0.1, 0.15) is 37.5 Å². The zero-order chi connectivity index (χ0) is 27.0. The number of carbonyl (C=O) groups is 1. The number of fused-ring (bicyclic) bond motifs is 1. The van der Waals surface area contributed by atoms with Gasteiger partial charge in [0.15, 0.2) is 4.80 Å². The minimum absolute atomic E-state index is 0.0731. The molecule has 0 bridgehead atoms. The summed E-state index contributed by atoms with van der Waals surface area (Å²) < 4.78 is 13.3. The molecule has 9 nitrogen and oxygen atoms in total. The molecule has 0 radical (unpaired) electrons. The SMILES string of the molecule is CC1=C(C(=O)OCC(C)C)C(c2cccs2)n2c(sc(=Cc3ccc(-c4ccccc4[N+](=O)[O-])o3)c2=O)=N1. The molecular formula is C27H23N3O6S2. The van der Waals surface area contributed by atoms with Crippen LogP contribution in [0, 0.1) is 16.0 Å². The molecule has 0 saturated heterocycles. The Morgan fingerprint density at radius 3 is 2.74 bits per heavy atom. The number of hydrogen-bond acceptors (Lipinski definition) is 9. The second kappa shape index (κ2) is 10.3. The number of para-hydroxylation sites is 1. The predicted octanol–water partition coefficient (Wildman–Crippen LogP) is 4.66. The van der Waals surface area contributed by atoms with Crippen LogP contribution >= 0.6 is 22.7 Å². The van der Waals surface area contributed by atoms with Gasteiger partial charge >= 0.3 is 5.97 Å². The van der Waals surface area contributed by atoms with Crippen LogP contribution in [-0.4, -0.2) is 22.1 Å². The van der Waals surface area contributed by atoms with Gasteiger partial charge in [-0.2, -0.15) is 0 Å². The van der Waals surface area contributed by atoms with Crippen molar-refractivity contribution < 1.29 is 18.9 Å². The van der Waals surface area contributed by atoms with Crippen molar-refractivity contribution in [2.24, 2.45) is 10.9 Å². The summed E-state index contributed by atoms with van der Waals surface area (Å²) in [4.78, 5) is 43.6. The number of nitrogens with zero attached hydrogens (tertiary/aromatic N) is 3. The number of rotatable bonds is 7. The van der Waals surface area contributed by atoms with Crippen molar-refractivity contribution in [1.82, 2.24) is 4.57 Å². The molecule has 0 aliphatic carbocycles. The number of thiazole rings is 1. The van der Waals surface area contributed by atoms with Crippen LogP contribution < -0.4 is 14.9 Å². The third-order valence-corrected chi connectivity index (χ3v) is 7.78. The molecule has 194 valence electrons. The van der Waals surface area contributed by atoms with Crippen LogP contribution in [0.3, 0.4) is 0 Å². The number of nitro benzene ring substituents is 1. The van der Waals surface area contributed by atoms with E-state index < -0.39 is 16.9 Å². The molecule has 0 spiro atoms. The van der Waals surface area contributed by atoms with E-state index in [1.54, 1.807) is 43.3 Å². The number of benzene rings is 1. The Hall–Kier alpha value is -4.09. The topological polar surface area (TPSA) is 117 Å². The lowest BCUT2D eigenvalue weighted by atomic mass is 10.0. The molecule has 1 atom stereocenters. The Labute approximate surface area is 224 Å². The summed E-state index contributed by atoms with van der Waals surface area (Å²) in [5.74, 6) is 0.353. The Balaban J connectivity index is 1.59. The standard InChI is InChI=1S/C27H23N3O6S2/c1-15(2)14-35-26(32)23-16(3)28-27-29(24(23)21-9-6-12-37-21)25(31)22(38-27)13-17-10-11-20(36-17)18-7-4-5-8-19(18)30(33)34/h4-13,15,24H,14H2,1-3H3. The van der Waals surface area contributed by atoms with E-state index >= 15 is 0 Å². The molecule has 1 unspecified atom stereocenters. The van der Waals surface area contributed by atoms with Gasteiger partial charge in [0.1, 0.15) is 17.6 Å². The monoisotopic (exact) mass is 549 g/mol. The Morgan fingerprint density at radius 2 is 2.03 bits per heavy atom. The van der Waals surface area contributed by atoms with Crippen LogP contribution in [0.25, 0.3) is 17.4 Å². The van der Waals surface area contributed by atoms with Crippen LogP contribution in [0.15, 0.2) is 79.4 Å². The van der Waals surface area contributed by atoms with Crippen LogP contribution in [0.4, 0.5) is 5.69 Å². The minimum atomic E-state index is -0.660. The second-order valence-electron chi connectivity index (χ2n) is 9.07. The van der Waals surface area contributed by atoms with E-state index in [1.165, 1.54) is 33.3 Å². The Morgan fingerprint density at radius 1 is 1.24 bits per heavy atom. The number of esters is 1. The lowest BCUT2D eigenvalue weighted by Gasteiger charge is -2.23. The zero-order valence-electron chi connectivity index (χ0n) is 20.7. The average Bonchev–Trinajstić information content (AvgIpc) is 3.64. The molecule has 1 aliphatic heterocycles. The molecule has 0 fully saturated rings. The number of thiophene rings is 1. The summed E-state index contributed by atoms with van der Waals surface area (Å²) in [7, 11) is 0. The number of ether oxygens (including phenoxy) is 1. The van der Waals surface area contributed by atoms with Gasteiger partial charge in [-0.3, -0.25) is 19.5 Å². The normalized spacial score (nSPS) is 15.5. The fraction of sp³-hybridized carbons (Fsp3) is 0.222. The molecule has 3 aromatic heterocycles. The maximum atomic E-state index is 13.7. The van der Waals surface area contributed by atoms with E-state index in [4.69, 9.17) is 9.15 Å². The van der Waals surface area contributed by atoms with Gasteiger partial charge in [-0.15, -0.1) is 11.3 Å². The summed E-state index contributed by atoms with van der Waals surface area (Å²) in [5.41, 5.74) is 0.787. The van der Waals surface area contributed by atoms with Crippen molar-refractivity contribution in [1.29, 1.82) is 0 Å². The van der Waals surface area contributed by atoms with Crippen molar-refractivity contribution in [2.75, 3.05) is 6.61 Å². The van der Waals surface area contributed by atoms with E-state index in [0.29, 0.717) is 37.7 Å². The van der Waals surface area contributed by atoms with Gasteiger partial charge in [-0.1, -0.05) is 43.4 Å². The van der Waals surface area contributed by atoms with Gasteiger partial charge in [0, 0.05) is 17.0 Å². The van der Waals surface area contributed by atoms with Crippen molar-refractivity contribution in [2.45, 2.75) is 26.8 Å². The highest BCUT2D eigenvalue weighted by Crippen LogP contribution is 2.34. The summed E-state index contributed by atoms with van der Waals surface area (Å²) in [6, 6.07) is 12.7. The first kappa shape index (κ1) is 25.6. The van der Waals surface area contributed by atoms with Crippen molar-refractivity contribution in [3.63, 3.8) is 0 Å². The lowest BCUT2D eigenvalue weighted by molar-refractivity contribution is -0.384. The van der Waals surface area contributed by atoms with E-state index in [1.807, 2.05) is 31.4 Å². The van der Waals surface area contributed by atoms with E-state index in [2.05, 4.69) is 4.99 Å². The molecule has 1 aromatic carbocycles. The van der Waals surface area contributed by atoms with E-state index in [-0.39, 0.29) is 23.8 Å². The molecule has 5 rings (SSSR count). The second-order valence-corrected chi connectivity index (χ2v) is 11.1. The number of aromatic nitrogens is 1. The molecule has 4 aromatic rings. The molecule has 11 heteroatoms. The van der Waals surface area contributed by atoms with Gasteiger partial charge in [0.25, 0.3) is 11.2 Å². The molecular weight excluding hydrogens is 526 g/mol. The van der Waals surface area contributed by atoms with Crippen molar-refractivity contribution >= 4 is 40.4 Å². The van der Waals surface area contributed by atoms with Crippen LogP contribution in [0.5, 0.6) is 0 Å². The summed E-state index contributed by atoms with van der Waals surface area (Å²) in [5, 5.41) is 13.3. The first-order chi connectivity index (χ1) is 18.2. The third-order valence-electron chi connectivity index (χ3n) is 5.87. The molecule has 0 saturated carbocycles. The highest BCUT2D eigenvalue weighted by Gasteiger charge is 2.34. The Kier molecular flexibility index (Phi) is 6.96. The molecule has 38 heavy (non-hydrogen) atoms. The minimum Gasteiger partial charge on any atom is -0.462 e. The van der Waals surface area contributed by atoms with Gasteiger partial charge in [0.2, 0.25) is 0 Å². The largest absolute Gasteiger partial charge is 0.462 e. The maximum absolute atomic E-state index is 13.7. The highest BCUT2D eigenvalue weighted by molar-refractivity contribution is 7.10. The number of hydrogen-bond donors (Lipinski definition) is 0. The smallest absolute Gasteiger partial charge is 0.338 e. The quantitative estimate of drug-likeness (QED) is 0.188. The average molecular weight is 550 g/mol. The molecule has 0 amide bonds. The Bertz CT molecular complexity index is 1740. The zero-order valence-corrected chi connectivity index (χ0v) is 22.4. The van der Waals surface area contributed by atoms with Crippen molar-refractivity contribution in [3.8, 4) is 11.3 Å². The van der Waals surface area contributed by atoms with Crippen molar-refractivity contribution in [3.05, 3.63) is 106 Å². The molecule has 4 heterocycles. The summed E-state index contributed by atoms with van der Waals surface area (Å²) in [6.45, 7) is 5.92. The highest BCUT2D eigenvalue weighted by atomic mass is 32.1. The summed E-state index contributed by atoms with van der Waals surface area (Å²) >= 11 is 2.63. The predicted molar refractivity (Wildman–Crippen MR) is 145 cm³/mol. The van der Waals surface area contributed by atoms with Crippen LogP contribution in [0.2, 0.25) is 0 Å². The lowest BCUT2D eigenvalue weighted by Crippen LogP contribution is -2.39. The van der Waals surface area contributed by atoms with Gasteiger partial charge < -0.3 is 9.15 Å². The van der Waals surface area contributed by atoms with Crippen LogP contribution in [-0.2, 0) is 9.53 Å². The number of nitro groups is 1. The van der Waals surface area contributed by atoms with Gasteiger partial charge in [-0.05, 0) is 42.5 Å². The fourth-order valence-corrected chi connectivity index (χ4v) is 6.01. The first-order valence-corrected chi connectivity index (χ1v) is 13.5. The molecule has 0 N–H and O–H groups in total. The third kappa shape index (κ3) is 4.77. The van der Waals surface area contributed by atoms with E-state index in [0.717, 1.165) is 4.88 Å². The van der Waals surface area contributed by atoms with Gasteiger partial charge in [0.05, 0.1) is 32.9 Å².